The van der Waals surface area contributed by atoms with Crippen LogP contribution in [0.3, 0.4) is 0 Å². The Hall–Kier alpha value is -0.745. The van der Waals surface area contributed by atoms with E-state index >= 15 is 0 Å². The molecule has 0 aliphatic carbocycles. The van der Waals surface area contributed by atoms with E-state index in [1.807, 2.05) is 52.0 Å². The fourth-order valence-corrected chi connectivity index (χ4v) is 2.40. The quantitative estimate of drug-likeness (QED) is 0.473. The first-order chi connectivity index (χ1) is 9.78. The van der Waals surface area contributed by atoms with Crippen LogP contribution in [0.15, 0.2) is 24.3 Å². The van der Waals surface area contributed by atoms with Crippen molar-refractivity contribution in [3.8, 4) is 5.75 Å². The van der Waals surface area contributed by atoms with Crippen molar-refractivity contribution >= 4 is 18.7 Å². The highest BCUT2D eigenvalue weighted by molar-refractivity contribution is 6.59. The molecule has 1 fully saturated rings. The molecule has 1 aliphatic rings. The van der Waals surface area contributed by atoms with Gasteiger partial charge >= 0.3 is 7.12 Å². The Bertz CT molecular complexity index is 476. The summed E-state index contributed by atoms with van der Waals surface area (Å²) in [6.45, 7) is 8.19. The van der Waals surface area contributed by atoms with E-state index in [1.54, 1.807) is 7.11 Å². The number of hydrogen-bond donors (Lipinski definition) is 0. The van der Waals surface area contributed by atoms with E-state index in [0.29, 0.717) is 5.75 Å². The average molecular weight is 313 g/mol. The number of rotatable bonds is 5. The highest BCUT2D eigenvalue weighted by atomic mass is 35.5. The van der Waals surface area contributed by atoms with Crippen molar-refractivity contribution in [3.05, 3.63) is 29.8 Å². The number of hydrogen-bond acceptors (Lipinski definition) is 4. The van der Waals surface area contributed by atoms with E-state index < -0.39 is 23.6 Å². The van der Waals surface area contributed by atoms with E-state index in [4.69, 9.17) is 30.4 Å². The second-order valence-electron chi connectivity index (χ2n) is 6.12. The second kappa shape index (κ2) is 6.17. The zero-order valence-corrected chi connectivity index (χ0v) is 13.9. The molecule has 1 aromatic rings. The van der Waals surface area contributed by atoms with E-state index in [9.17, 15) is 0 Å². The van der Waals surface area contributed by atoms with Gasteiger partial charge in [0.1, 0.15) is 5.75 Å². The Morgan fingerprint density at radius 2 is 1.71 bits per heavy atom. The molecular formula is C15H22BClO4. The van der Waals surface area contributed by atoms with Crippen molar-refractivity contribution in [2.75, 3.05) is 13.9 Å². The monoisotopic (exact) mass is 312 g/mol. The fourth-order valence-electron chi connectivity index (χ4n) is 2.12. The standard InChI is InChI=1S/C15H22BClO4/c1-14(2)15(3,4)21-16(20-14)13(17)11-8-6-7-9-12(11)19-10-18-5/h6-9,13H,10H2,1-5H3. The Kier molecular flexibility index (Phi) is 4.88. The predicted molar refractivity (Wildman–Crippen MR) is 83.6 cm³/mol. The van der Waals surface area contributed by atoms with Crippen LogP contribution in [0.5, 0.6) is 5.75 Å². The molecule has 1 saturated heterocycles. The topological polar surface area (TPSA) is 36.9 Å². The van der Waals surface area contributed by atoms with Gasteiger partial charge in [-0.25, -0.2) is 0 Å². The summed E-state index contributed by atoms with van der Waals surface area (Å²) in [5.41, 5.74) is 0.00927. The third-order valence-electron chi connectivity index (χ3n) is 4.06. The molecule has 0 aromatic heterocycles. The first-order valence-corrected chi connectivity index (χ1v) is 7.42. The summed E-state index contributed by atoms with van der Waals surface area (Å²) in [6.07, 6.45) is 0. The van der Waals surface area contributed by atoms with Gasteiger partial charge in [0.05, 0.1) is 16.5 Å². The Balaban J connectivity index is 2.20. The normalized spacial score (nSPS) is 21.3. The summed E-state index contributed by atoms with van der Waals surface area (Å²) < 4.78 is 22.5. The summed E-state index contributed by atoms with van der Waals surface area (Å²) in [7, 11) is 1.05. The van der Waals surface area contributed by atoms with Crippen LogP contribution in [0.2, 0.25) is 0 Å². The van der Waals surface area contributed by atoms with Crippen LogP contribution in [0.25, 0.3) is 0 Å². The third kappa shape index (κ3) is 3.37. The van der Waals surface area contributed by atoms with Crippen LogP contribution < -0.4 is 4.74 Å². The molecule has 2 rings (SSSR count). The van der Waals surface area contributed by atoms with Crippen molar-refractivity contribution in [1.29, 1.82) is 0 Å². The molecule has 0 spiro atoms. The molecule has 116 valence electrons. The molecule has 0 saturated carbocycles. The van der Waals surface area contributed by atoms with Crippen molar-refractivity contribution < 1.29 is 18.8 Å². The first kappa shape index (κ1) is 16.6. The van der Waals surface area contributed by atoms with E-state index in [-0.39, 0.29) is 6.79 Å². The van der Waals surface area contributed by atoms with Gasteiger partial charge in [0.15, 0.2) is 6.79 Å². The molecule has 0 radical (unpaired) electrons. The van der Waals surface area contributed by atoms with E-state index in [2.05, 4.69) is 0 Å². The van der Waals surface area contributed by atoms with E-state index in [1.165, 1.54) is 0 Å². The highest BCUT2D eigenvalue weighted by Crippen LogP contribution is 2.43. The van der Waals surface area contributed by atoms with Crippen LogP contribution in [-0.4, -0.2) is 32.2 Å². The molecule has 1 unspecified atom stereocenters. The number of halogens is 1. The minimum absolute atomic E-state index is 0.171. The highest BCUT2D eigenvalue weighted by Gasteiger charge is 2.54. The minimum Gasteiger partial charge on any atom is -0.467 e. The third-order valence-corrected chi connectivity index (χ3v) is 4.50. The van der Waals surface area contributed by atoms with Crippen molar-refractivity contribution in [1.82, 2.24) is 0 Å². The van der Waals surface area contributed by atoms with Crippen molar-refractivity contribution in [3.63, 3.8) is 0 Å². The summed E-state index contributed by atoms with van der Waals surface area (Å²) in [5, 5.41) is -0.459. The molecule has 21 heavy (non-hydrogen) atoms. The Morgan fingerprint density at radius 1 is 1.14 bits per heavy atom. The maximum absolute atomic E-state index is 6.58. The zero-order chi connectivity index (χ0) is 15.7. The lowest BCUT2D eigenvalue weighted by molar-refractivity contribution is 0.00578. The fraction of sp³-hybridized carbons (Fsp3) is 0.600. The number of para-hydroxylation sites is 1. The summed E-state index contributed by atoms with van der Waals surface area (Å²) in [5.74, 6) is 0.675. The molecule has 1 atom stereocenters. The summed E-state index contributed by atoms with van der Waals surface area (Å²) >= 11 is 6.58. The molecular weight excluding hydrogens is 290 g/mol. The molecule has 1 heterocycles. The summed E-state index contributed by atoms with van der Waals surface area (Å²) in [4.78, 5) is 0. The van der Waals surface area contributed by atoms with E-state index in [0.717, 1.165) is 5.56 Å². The molecule has 0 bridgehead atoms. The smallest absolute Gasteiger partial charge is 0.467 e. The number of methoxy groups -OCH3 is 1. The van der Waals surface area contributed by atoms with Gasteiger partial charge < -0.3 is 18.8 Å². The molecule has 0 amide bonds. The van der Waals surface area contributed by atoms with Crippen LogP contribution >= 0.6 is 11.6 Å². The second-order valence-corrected chi connectivity index (χ2v) is 6.59. The molecule has 0 N–H and O–H groups in total. The van der Waals surface area contributed by atoms with Crippen LogP contribution in [0.4, 0.5) is 0 Å². The van der Waals surface area contributed by atoms with Crippen molar-refractivity contribution in [2.45, 2.75) is 44.2 Å². The largest absolute Gasteiger partial charge is 0.481 e. The molecule has 4 nitrogen and oxygen atoms in total. The Labute approximate surface area is 131 Å². The number of ether oxygens (including phenoxy) is 2. The van der Waals surface area contributed by atoms with Crippen LogP contribution in [0.1, 0.15) is 38.5 Å². The average Bonchev–Trinajstić information content (AvgIpc) is 2.65. The lowest BCUT2D eigenvalue weighted by Gasteiger charge is -2.32. The Morgan fingerprint density at radius 3 is 2.29 bits per heavy atom. The molecule has 1 aromatic carbocycles. The maximum atomic E-state index is 6.58. The van der Waals surface area contributed by atoms with Gasteiger partial charge in [-0.05, 0) is 33.8 Å². The van der Waals surface area contributed by atoms with Gasteiger partial charge in [0.25, 0.3) is 0 Å². The van der Waals surface area contributed by atoms with Gasteiger partial charge in [-0.1, -0.05) is 18.2 Å². The first-order valence-electron chi connectivity index (χ1n) is 6.99. The minimum atomic E-state index is -0.524. The maximum Gasteiger partial charge on any atom is 0.481 e. The van der Waals surface area contributed by atoms with Crippen molar-refractivity contribution in [2.24, 2.45) is 0 Å². The number of benzene rings is 1. The predicted octanol–water partition coefficient (Wildman–Crippen LogP) is 3.58. The van der Waals surface area contributed by atoms with Gasteiger partial charge in [-0.15, -0.1) is 11.6 Å². The van der Waals surface area contributed by atoms with Crippen LogP contribution in [-0.2, 0) is 14.0 Å². The number of alkyl halides is 1. The van der Waals surface area contributed by atoms with Gasteiger partial charge in [-0.3, -0.25) is 0 Å². The molecule has 6 heteroatoms. The lowest BCUT2D eigenvalue weighted by atomic mass is 9.79. The lowest BCUT2D eigenvalue weighted by Crippen LogP contribution is -2.41. The van der Waals surface area contributed by atoms with Crippen LogP contribution in [0, 0.1) is 0 Å². The van der Waals surface area contributed by atoms with Gasteiger partial charge in [0, 0.05) is 12.7 Å². The SMILES string of the molecule is COCOc1ccccc1C(Cl)B1OC(C)(C)C(C)(C)O1. The zero-order valence-electron chi connectivity index (χ0n) is 13.2. The molecule has 1 aliphatic heterocycles. The van der Waals surface area contributed by atoms with Gasteiger partial charge in [-0.2, -0.15) is 0 Å². The summed E-state index contributed by atoms with van der Waals surface area (Å²) in [6, 6.07) is 7.57. The van der Waals surface area contributed by atoms with Gasteiger partial charge in [0.2, 0.25) is 0 Å².